The number of hydrogen-bond donors (Lipinski definition) is 2. The van der Waals surface area contributed by atoms with Crippen molar-refractivity contribution < 1.29 is 14.4 Å². The van der Waals surface area contributed by atoms with E-state index in [0.717, 1.165) is 13.1 Å². The third-order valence-corrected chi connectivity index (χ3v) is 6.16. The highest BCUT2D eigenvalue weighted by Crippen LogP contribution is 2.27. The van der Waals surface area contributed by atoms with Gasteiger partial charge in [-0.1, -0.05) is 29.3 Å². The van der Waals surface area contributed by atoms with E-state index in [1.165, 1.54) is 17.7 Å². The summed E-state index contributed by atoms with van der Waals surface area (Å²) in [5.41, 5.74) is 0. The number of nitrogens with one attached hydrogen (secondary N) is 2. The number of hydrogen-bond acceptors (Lipinski definition) is 3. The van der Waals surface area contributed by atoms with Gasteiger partial charge in [0.1, 0.15) is 11.8 Å². The maximum absolute atomic E-state index is 12.4. The van der Waals surface area contributed by atoms with Crippen LogP contribution in [0.1, 0.15) is 30.7 Å². The number of ether oxygens (including phenoxy) is 1. The van der Waals surface area contributed by atoms with E-state index in [2.05, 4.69) is 29.8 Å². The van der Waals surface area contributed by atoms with Gasteiger partial charge in [0, 0.05) is 17.9 Å². The van der Waals surface area contributed by atoms with Gasteiger partial charge < -0.3 is 15.0 Å². The Bertz CT molecular complexity index is 733. The second-order valence-electron chi connectivity index (χ2n) is 6.58. The SMILES string of the molecule is C[C@H](NC(=O)COc1ccc(Cl)cc1Cl)[C@H](c1cccs1)[NH+]1CCCC1. The molecule has 0 bridgehead atoms. The van der Waals surface area contributed by atoms with Crippen molar-refractivity contribution >= 4 is 40.4 Å². The molecule has 0 spiro atoms. The summed E-state index contributed by atoms with van der Waals surface area (Å²) in [6.45, 7) is 4.31. The molecule has 140 valence electrons. The molecule has 1 aromatic carbocycles. The van der Waals surface area contributed by atoms with E-state index in [4.69, 9.17) is 27.9 Å². The van der Waals surface area contributed by atoms with Crippen LogP contribution in [-0.4, -0.2) is 31.6 Å². The van der Waals surface area contributed by atoms with Gasteiger partial charge in [-0.3, -0.25) is 4.79 Å². The van der Waals surface area contributed by atoms with Gasteiger partial charge >= 0.3 is 0 Å². The molecule has 2 N–H and O–H groups in total. The number of halogens is 2. The fraction of sp³-hybridized carbons (Fsp3) is 0.421. The van der Waals surface area contributed by atoms with Gasteiger partial charge in [-0.25, -0.2) is 0 Å². The van der Waals surface area contributed by atoms with Crippen LogP contribution in [0, 0.1) is 0 Å². The fourth-order valence-electron chi connectivity index (χ4n) is 3.52. The molecule has 1 aliphatic heterocycles. The minimum Gasteiger partial charge on any atom is -0.482 e. The zero-order valence-corrected chi connectivity index (χ0v) is 17.0. The predicted molar refractivity (Wildman–Crippen MR) is 107 cm³/mol. The standard InChI is InChI=1S/C19H22Cl2N2O2S/c1-13(19(17-5-4-10-26-17)23-8-2-3-9-23)22-18(24)12-25-16-7-6-14(20)11-15(16)21/h4-7,10-11,13,19H,2-3,8-9,12H2,1H3,(H,22,24)/p+1/t13-,19+/m0/s1. The van der Waals surface area contributed by atoms with Crippen LogP contribution in [0.5, 0.6) is 5.75 Å². The van der Waals surface area contributed by atoms with Crippen molar-refractivity contribution in [3.63, 3.8) is 0 Å². The molecule has 1 fully saturated rings. The number of carbonyl (C=O) groups excluding carboxylic acids is 1. The average Bonchev–Trinajstić information content (AvgIpc) is 3.28. The molecule has 1 aromatic heterocycles. The Morgan fingerprint density at radius 1 is 1.31 bits per heavy atom. The Labute approximate surface area is 168 Å². The lowest BCUT2D eigenvalue weighted by Gasteiger charge is -2.29. The number of benzene rings is 1. The van der Waals surface area contributed by atoms with E-state index in [9.17, 15) is 4.79 Å². The van der Waals surface area contributed by atoms with Gasteiger partial charge in [0.25, 0.3) is 5.91 Å². The molecule has 2 aromatic rings. The van der Waals surface area contributed by atoms with Crippen LogP contribution in [0.15, 0.2) is 35.7 Å². The second-order valence-corrected chi connectivity index (χ2v) is 8.40. The van der Waals surface area contributed by atoms with Crippen LogP contribution in [0.4, 0.5) is 0 Å². The molecular formula is C19H23Cl2N2O2S+. The Balaban J connectivity index is 1.59. The van der Waals surface area contributed by atoms with Crippen molar-refractivity contribution in [1.82, 2.24) is 5.32 Å². The van der Waals surface area contributed by atoms with Crippen molar-refractivity contribution in [3.05, 3.63) is 50.6 Å². The number of thiophene rings is 1. The molecule has 3 rings (SSSR count). The Hall–Kier alpha value is -1.27. The zero-order valence-electron chi connectivity index (χ0n) is 14.6. The van der Waals surface area contributed by atoms with Crippen LogP contribution in [0.3, 0.4) is 0 Å². The normalized spacial score (nSPS) is 17.0. The van der Waals surface area contributed by atoms with Crippen LogP contribution in [0.2, 0.25) is 10.0 Å². The fourth-order valence-corrected chi connectivity index (χ4v) is 4.98. The summed E-state index contributed by atoms with van der Waals surface area (Å²) in [5, 5.41) is 6.13. The maximum atomic E-state index is 12.4. The molecule has 1 amide bonds. The Morgan fingerprint density at radius 2 is 2.08 bits per heavy atom. The number of quaternary nitrogens is 1. The largest absolute Gasteiger partial charge is 0.482 e. The van der Waals surface area contributed by atoms with Crippen molar-refractivity contribution in [2.24, 2.45) is 0 Å². The summed E-state index contributed by atoms with van der Waals surface area (Å²) in [4.78, 5) is 15.2. The van der Waals surface area contributed by atoms with E-state index in [0.29, 0.717) is 15.8 Å². The number of amides is 1. The van der Waals surface area contributed by atoms with Crippen molar-refractivity contribution in [2.75, 3.05) is 19.7 Å². The van der Waals surface area contributed by atoms with E-state index < -0.39 is 0 Å². The van der Waals surface area contributed by atoms with E-state index in [1.807, 2.05) is 0 Å². The summed E-state index contributed by atoms with van der Waals surface area (Å²) >= 11 is 13.7. The Kier molecular flexibility index (Phi) is 6.81. The molecule has 4 nitrogen and oxygen atoms in total. The van der Waals surface area contributed by atoms with Gasteiger partial charge in [-0.05, 0) is 36.6 Å². The predicted octanol–water partition coefficient (Wildman–Crippen LogP) is 3.36. The average molecular weight is 414 g/mol. The topological polar surface area (TPSA) is 42.8 Å². The van der Waals surface area contributed by atoms with Crippen molar-refractivity contribution in [3.8, 4) is 5.75 Å². The van der Waals surface area contributed by atoms with Gasteiger partial charge in [0.05, 0.1) is 29.0 Å². The third kappa shape index (κ3) is 4.92. The monoisotopic (exact) mass is 413 g/mol. The highest BCUT2D eigenvalue weighted by atomic mass is 35.5. The van der Waals surface area contributed by atoms with Crippen molar-refractivity contribution in [1.29, 1.82) is 0 Å². The van der Waals surface area contributed by atoms with Crippen LogP contribution >= 0.6 is 34.5 Å². The first-order valence-corrected chi connectivity index (χ1v) is 10.4. The minimum atomic E-state index is -0.149. The maximum Gasteiger partial charge on any atom is 0.258 e. The van der Waals surface area contributed by atoms with Crippen LogP contribution < -0.4 is 15.0 Å². The molecular weight excluding hydrogens is 391 g/mol. The molecule has 1 aliphatic rings. The zero-order chi connectivity index (χ0) is 18.5. The summed E-state index contributed by atoms with van der Waals surface area (Å²) in [6, 6.07) is 9.49. The molecule has 2 atom stereocenters. The van der Waals surface area contributed by atoms with E-state index in [1.54, 1.807) is 34.4 Å². The first-order valence-electron chi connectivity index (χ1n) is 8.80. The molecule has 0 saturated carbocycles. The van der Waals surface area contributed by atoms with Gasteiger partial charge in [-0.2, -0.15) is 0 Å². The van der Waals surface area contributed by atoms with Gasteiger partial charge in [-0.15, -0.1) is 11.3 Å². The number of likely N-dealkylation sites (tertiary alicyclic amines) is 1. The highest BCUT2D eigenvalue weighted by molar-refractivity contribution is 7.10. The van der Waals surface area contributed by atoms with Crippen molar-refractivity contribution in [2.45, 2.75) is 31.8 Å². The molecule has 0 unspecified atom stereocenters. The quantitative estimate of drug-likeness (QED) is 0.730. The lowest BCUT2D eigenvalue weighted by molar-refractivity contribution is -0.920. The summed E-state index contributed by atoms with van der Waals surface area (Å²) < 4.78 is 5.54. The Morgan fingerprint density at radius 3 is 2.73 bits per heavy atom. The van der Waals surface area contributed by atoms with Gasteiger partial charge in [0.15, 0.2) is 6.61 Å². The highest BCUT2D eigenvalue weighted by Gasteiger charge is 2.33. The summed E-state index contributed by atoms with van der Waals surface area (Å²) in [5.74, 6) is 0.308. The molecule has 26 heavy (non-hydrogen) atoms. The summed E-state index contributed by atoms with van der Waals surface area (Å²) in [7, 11) is 0. The van der Waals surface area contributed by atoms with Crippen LogP contribution in [-0.2, 0) is 4.79 Å². The first-order chi connectivity index (χ1) is 12.5. The minimum absolute atomic E-state index is 0.0264. The molecule has 7 heteroatoms. The van der Waals surface area contributed by atoms with Gasteiger partial charge in [0.2, 0.25) is 0 Å². The number of rotatable bonds is 7. The van der Waals surface area contributed by atoms with Crippen LogP contribution in [0.25, 0.3) is 0 Å². The molecule has 1 saturated heterocycles. The summed E-state index contributed by atoms with van der Waals surface area (Å²) in [6.07, 6.45) is 2.49. The lowest BCUT2D eigenvalue weighted by Crippen LogP contribution is -3.11. The van der Waals surface area contributed by atoms with E-state index >= 15 is 0 Å². The molecule has 2 heterocycles. The molecule has 0 aliphatic carbocycles. The smallest absolute Gasteiger partial charge is 0.258 e. The lowest BCUT2D eigenvalue weighted by atomic mass is 10.1. The first kappa shape index (κ1) is 19.5. The van der Waals surface area contributed by atoms with E-state index in [-0.39, 0.29) is 24.6 Å². The second kappa shape index (κ2) is 9.09. The third-order valence-electron chi connectivity index (χ3n) is 4.68. The number of carbonyl (C=O) groups is 1. The molecule has 0 radical (unpaired) electrons.